The van der Waals surface area contributed by atoms with Crippen molar-refractivity contribution in [3.05, 3.63) is 58.6 Å². The molecule has 0 spiro atoms. The zero-order valence-corrected chi connectivity index (χ0v) is 14.4. The molecule has 0 atom stereocenters. The van der Waals surface area contributed by atoms with Crippen molar-refractivity contribution in [2.24, 2.45) is 0 Å². The van der Waals surface area contributed by atoms with Gasteiger partial charge in [0, 0.05) is 36.6 Å². The van der Waals surface area contributed by atoms with Gasteiger partial charge in [0.15, 0.2) is 0 Å². The predicted molar refractivity (Wildman–Crippen MR) is 95.4 cm³/mol. The van der Waals surface area contributed by atoms with E-state index in [1.165, 1.54) is 16.4 Å². The zero-order valence-electron chi connectivity index (χ0n) is 13.6. The second kappa shape index (κ2) is 7.20. The highest BCUT2D eigenvalue weighted by atomic mass is 32.2. The zero-order chi connectivity index (χ0) is 17.9. The average Bonchev–Trinajstić information content (AvgIpc) is 2.63. The Kier molecular flexibility index (Phi) is 5.00. The van der Waals surface area contributed by atoms with Gasteiger partial charge in [-0.2, -0.15) is 4.31 Å². The molecular formula is C17H19N3O4S. The number of piperidine rings is 1. The lowest BCUT2D eigenvalue weighted by molar-refractivity contribution is -0.384. The maximum atomic E-state index is 12.6. The van der Waals surface area contributed by atoms with Gasteiger partial charge < -0.3 is 5.32 Å². The fourth-order valence-corrected chi connectivity index (χ4v) is 4.35. The molecule has 2 aromatic carbocycles. The highest BCUT2D eigenvalue weighted by Crippen LogP contribution is 2.25. The summed E-state index contributed by atoms with van der Waals surface area (Å²) in [4.78, 5) is 10.6. The number of hydrogen-bond donors (Lipinski definition) is 1. The molecule has 0 bridgehead atoms. The molecule has 1 saturated heterocycles. The van der Waals surface area contributed by atoms with E-state index in [4.69, 9.17) is 0 Å². The van der Waals surface area contributed by atoms with E-state index in [2.05, 4.69) is 5.32 Å². The minimum absolute atomic E-state index is 0.00528. The molecular weight excluding hydrogens is 342 g/mol. The summed E-state index contributed by atoms with van der Waals surface area (Å²) in [5.74, 6) is 0. The molecule has 0 aliphatic carbocycles. The quantitative estimate of drug-likeness (QED) is 0.650. The first kappa shape index (κ1) is 17.4. The number of rotatable bonds is 5. The van der Waals surface area contributed by atoms with Gasteiger partial charge in [-0.3, -0.25) is 10.1 Å². The van der Waals surface area contributed by atoms with E-state index in [1.54, 1.807) is 36.4 Å². The van der Waals surface area contributed by atoms with E-state index < -0.39 is 14.9 Å². The van der Waals surface area contributed by atoms with Crippen LogP contribution in [0.4, 0.5) is 17.1 Å². The average molecular weight is 361 g/mol. The van der Waals surface area contributed by atoms with Crippen molar-refractivity contribution >= 4 is 27.1 Å². The molecule has 25 heavy (non-hydrogen) atoms. The minimum Gasteiger partial charge on any atom is -0.355 e. The fraction of sp³-hybridized carbons (Fsp3) is 0.294. The van der Waals surface area contributed by atoms with Crippen LogP contribution in [-0.4, -0.2) is 30.7 Å². The summed E-state index contributed by atoms with van der Waals surface area (Å²) in [6, 6.07) is 12.6. The van der Waals surface area contributed by atoms with Crippen LogP contribution in [0.2, 0.25) is 0 Å². The third-order valence-corrected chi connectivity index (χ3v) is 6.07. The Hall–Kier alpha value is -2.45. The number of sulfonamides is 1. The third-order valence-electron chi connectivity index (χ3n) is 4.15. The molecule has 132 valence electrons. The number of benzene rings is 2. The normalized spacial score (nSPS) is 15.7. The van der Waals surface area contributed by atoms with Crippen LogP contribution < -0.4 is 5.32 Å². The summed E-state index contributed by atoms with van der Waals surface area (Å²) in [5, 5.41) is 13.9. The second-order valence-electron chi connectivity index (χ2n) is 5.92. The Morgan fingerprint density at radius 2 is 1.64 bits per heavy atom. The smallest absolute Gasteiger partial charge is 0.271 e. The SMILES string of the molecule is O=[N+]([O-])c1cccc(Nc2ccc(S(=O)(=O)N3CCCCC3)cc2)c1. The highest BCUT2D eigenvalue weighted by Gasteiger charge is 2.25. The number of nitro groups is 1. The van der Waals surface area contributed by atoms with Crippen LogP contribution in [0, 0.1) is 10.1 Å². The van der Waals surface area contributed by atoms with Gasteiger partial charge in [0.05, 0.1) is 9.82 Å². The Morgan fingerprint density at radius 1 is 0.960 bits per heavy atom. The Bertz CT molecular complexity index is 860. The van der Waals surface area contributed by atoms with E-state index in [0.717, 1.165) is 19.3 Å². The maximum absolute atomic E-state index is 12.6. The van der Waals surface area contributed by atoms with Crippen LogP contribution in [0.25, 0.3) is 0 Å². The molecule has 0 unspecified atom stereocenters. The van der Waals surface area contributed by atoms with Crippen molar-refractivity contribution in [3.8, 4) is 0 Å². The van der Waals surface area contributed by atoms with Crippen LogP contribution in [-0.2, 0) is 10.0 Å². The first-order valence-electron chi connectivity index (χ1n) is 8.08. The van der Waals surface area contributed by atoms with E-state index in [0.29, 0.717) is 24.5 Å². The number of nitrogens with zero attached hydrogens (tertiary/aromatic N) is 2. The standard InChI is InChI=1S/C17H19N3O4S/c21-20(22)16-6-4-5-15(13-16)18-14-7-9-17(10-8-14)25(23,24)19-11-2-1-3-12-19/h4-10,13,18H,1-3,11-12H2. The predicted octanol–water partition coefficient (Wildman–Crippen LogP) is 3.51. The van der Waals surface area contributed by atoms with Crippen molar-refractivity contribution in [1.82, 2.24) is 4.31 Å². The molecule has 2 aromatic rings. The maximum Gasteiger partial charge on any atom is 0.271 e. The first-order valence-corrected chi connectivity index (χ1v) is 9.52. The summed E-state index contributed by atoms with van der Waals surface area (Å²) in [5.41, 5.74) is 1.23. The topological polar surface area (TPSA) is 92.5 Å². The largest absolute Gasteiger partial charge is 0.355 e. The lowest BCUT2D eigenvalue weighted by Crippen LogP contribution is -2.35. The molecule has 1 aliphatic heterocycles. The van der Waals surface area contributed by atoms with Crippen LogP contribution in [0.1, 0.15) is 19.3 Å². The van der Waals surface area contributed by atoms with Gasteiger partial charge in [0.2, 0.25) is 10.0 Å². The summed E-state index contributed by atoms with van der Waals surface area (Å²) >= 11 is 0. The second-order valence-corrected chi connectivity index (χ2v) is 7.86. The molecule has 0 saturated carbocycles. The van der Waals surface area contributed by atoms with Gasteiger partial charge in [-0.25, -0.2) is 8.42 Å². The van der Waals surface area contributed by atoms with Crippen molar-refractivity contribution in [1.29, 1.82) is 0 Å². The van der Waals surface area contributed by atoms with E-state index in [-0.39, 0.29) is 10.6 Å². The summed E-state index contributed by atoms with van der Waals surface area (Å²) in [6.07, 6.45) is 2.86. The molecule has 7 nitrogen and oxygen atoms in total. The van der Waals surface area contributed by atoms with Gasteiger partial charge in [0.1, 0.15) is 0 Å². The van der Waals surface area contributed by atoms with Crippen LogP contribution in [0.3, 0.4) is 0 Å². The van der Waals surface area contributed by atoms with E-state index in [9.17, 15) is 18.5 Å². The van der Waals surface area contributed by atoms with Crippen LogP contribution in [0.15, 0.2) is 53.4 Å². The number of non-ortho nitro benzene ring substituents is 1. The monoisotopic (exact) mass is 361 g/mol. The van der Waals surface area contributed by atoms with Gasteiger partial charge in [-0.1, -0.05) is 12.5 Å². The van der Waals surface area contributed by atoms with E-state index in [1.807, 2.05) is 0 Å². The molecule has 0 aromatic heterocycles. The molecule has 1 fully saturated rings. The molecule has 1 N–H and O–H groups in total. The molecule has 1 heterocycles. The van der Waals surface area contributed by atoms with Crippen molar-refractivity contribution in [2.75, 3.05) is 18.4 Å². The molecule has 3 rings (SSSR count). The molecule has 1 aliphatic rings. The van der Waals surface area contributed by atoms with Gasteiger partial charge in [-0.05, 0) is 43.2 Å². The van der Waals surface area contributed by atoms with Gasteiger partial charge >= 0.3 is 0 Å². The van der Waals surface area contributed by atoms with Crippen molar-refractivity contribution < 1.29 is 13.3 Å². The van der Waals surface area contributed by atoms with Crippen LogP contribution >= 0.6 is 0 Å². The molecule has 8 heteroatoms. The lowest BCUT2D eigenvalue weighted by atomic mass is 10.2. The van der Waals surface area contributed by atoms with Crippen molar-refractivity contribution in [3.63, 3.8) is 0 Å². The fourth-order valence-electron chi connectivity index (χ4n) is 2.83. The van der Waals surface area contributed by atoms with Crippen molar-refractivity contribution in [2.45, 2.75) is 24.2 Å². The minimum atomic E-state index is -3.45. The number of nitrogens with one attached hydrogen (secondary N) is 1. The number of nitro benzene ring substituents is 1. The Labute approximate surface area is 146 Å². The summed E-state index contributed by atoms with van der Waals surface area (Å²) in [7, 11) is -3.45. The van der Waals surface area contributed by atoms with E-state index >= 15 is 0 Å². The number of hydrogen-bond acceptors (Lipinski definition) is 5. The molecule has 0 amide bonds. The summed E-state index contributed by atoms with van der Waals surface area (Å²) < 4.78 is 26.7. The third kappa shape index (κ3) is 3.97. The summed E-state index contributed by atoms with van der Waals surface area (Å²) in [6.45, 7) is 1.13. The molecule has 0 radical (unpaired) electrons. The van der Waals surface area contributed by atoms with Crippen LogP contribution in [0.5, 0.6) is 0 Å². The van der Waals surface area contributed by atoms with Gasteiger partial charge in [0.25, 0.3) is 5.69 Å². The lowest BCUT2D eigenvalue weighted by Gasteiger charge is -2.25. The Balaban J connectivity index is 1.76. The van der Waals surface area contributed by atoms with Gasteiger partial charge in [-0.15, -0.1) is 0 Å². The first-order chi connectivity index (χ1) is 12.0. The Morgan fingerprint density at radius 3 is 2.28 bits per heavy atom. The highest BCUT2D eigenvalue weighted by molar-refractivity contribution is 7.89. The number of anilines is 2.